The second-order valence-corrected chi connectivity index (χ2v) is 6.09. The Morgan fingerprint density at radius 2 is 1.62 bits per heavy atom. The van der Waals surface area contributed by atoms with E-state index in [2.05, 4.69) is 16.0 Å². The highest BCUT2D eigenvalue weighted by atomic mass is 19.1. The summed E-state index contributed by atoms with van der Waals surface area (Å²) in [6.07, 6.45) is 0. The number of hydrogen-bond donors (Lipinski definition) is 3. The second kappa shape index (κ2) is 8.42. The zero-order valence-corrected chi connectivity index (χ0v) is 14.9. The first-order valence-corrected chi connectivity index (χ1v) is 8.09. The van der Waals surface area contributed by atoms with E-state index in [0.29, 0.717) is 5.69 Å². The van der Waals surface area contributed by atoms with Gasteiger partial charge in [0.05, 0.1) is 6.54 Å². The maximum atomic E-state index is 13.5. The molecule has 3 N–H and O–H groups in total. The lowest BCUT2D eigenvalue weighted by Gasteiger charge is -2.13. The zero-order chi connectivity index (χ0) is 19.3. The van der Waals surface area contributed by atoms with Crippen LogP contribution in [0.3, 0.4) is 0 Å². The zero-order valence-electron chi connectivity index (χ0n) is 14.9. The predicted molar refractivity (Wildman–Crippen MR) is 95.9 cm³/mol. The molecule has 26 heavy (non-hydrogen) atoms. The number of aryl methyl sites for hydroxylation is 3. The van der Waals surface area contributed by atoms with Gasteiger partial charge in [0.25, 0.3) is 0 Å². The van der Waals surface area contributed by atoms with Gasteiger partial charge >= 0.3 is 6.03 Å². The summed E-state index contributed by atoms with van der Waals surface area (Å²) in [6, 6.07) is 6.25. The summed E-state index contributed by atoms with van der Waals surface area (Å²) >= 11 is 0. The Morgan fingerprint density at radius 1 is 0.962 bits per heavy atom. The van der Waals surface area contributed by atoms with Crippen molar-refractivity contribution in [2.24, 2.45) is 0 Å². The molecular formula is C19H21F2N3O2. The van der Waals surface area contributed by atoms with Crippen molar-refractivity contribution in [2.45, 2.75) is 27.3 Å². The highest BCUT2D eigenvalue weighted by Crippen LogP contribution is 2.21. The number of rotatable bonds is 5. The fourth-order valence-corrected chi connectivity index (χ4v) is 2.64. The van der Waals surface area contributed by atoms with Crippen molar-refractivity contribution >= 4 is 17.6 Å². The third-order valence-electron chi connectivity index (χ3n) is 3.80. The van der Waals surface area contributed by atoms with Crippen LogP contribution in [-0.4, -0.2) is 18.5 Å². The van der Waals surface area contributed by atoms with Crippen LogP contribution in [0.5, 0.6) is 0 Å². The summed E-state index contributed by atoms with van der Waals surface area (Å²) in [5, 5.41) is 7.52. The van der Waals surface area contributed by atoms with E-state index in [1.807, 2.05) is 32.9 Å². The number of benzene rings is 2. The number of halogens is 2. The van der Waals surface area contributed by atoms with Gasteiger partial charge < -0.3 is 16.0 Å². The summed E-state index contributed by atoms with van der Waals surface area (Å²) in [4.78, 5) is 23.7. The summed E-state index contributed by atoms with van der Waals surface area (Å²) in [6.45, 7) is 5.32. The van der Waals surface area contributed by atoms with Crippen molar-refractivity contribution in [3.05, 3.63) is 64.2 Å². The van der Waals surface area contributed by atoms with Crippen LogP contribution in [0.15, 0.2) is 30.3 Å². The highest BCUT2D eigenvalue weighted by molar-refractivity contribution is 5.95. The van der Waals surface area contributed by atoms with Crippen molar-refractivity contribution in [3.63, 3.8) is 0 Å². The van der Waals surface area contributed by atoms with Crippen LogP contribution in [0.25, 0.3) is 0 Å². The molecule has 2 rings (SSSR count). The van der Waals surface area contributed by atoms with Crippen LogP contribution in [0.4, 0.5) is 19.3 Å². The minimum Gasteiger partial charge on any atom is -0.334 e. The smallest absolute Gasteiger partial charge is 0.315 e. The summed E-state index contributed by atoms with van der Waals surface area (Å²) in [5.74, 6) is -1.59. The molecule has 0 aliphatic heterocycles. The molecule has 0 spiro atoms. The van der Waals surface area contributed by atoms with Crippen LogP contribution in [0, 0.1) is 32.4 Å². The van der Waals surface area contributed by atoms with Gasteiger partial charge in [-0.3, -0.25) is 4.79 Å². The largest absolute Gasteiger partial charge is 0.334 e. The van der Waals surface area contributed by atoms with Gasteiger partial charge in [-0.2, -0.15) is 0 Å². The Morgan fingerprint density at radius 3 is 2.27 bits per heavy atom. The molecule has 2 aromatic carbocycles. The third-order valence-corrected chi connectivity index (χ3v) is 3.80. The standard InChI is InChI=1S/C19H21F2N3O2/c1-11-6-12(2)18(13(3)7-11)24-17(25)10-23-19(26)22-9-14-8-15(20)4-5-16(14)21/h4-8H,9-10H2,1-3H3,(H,24,25)(H2,22,23,26). The van der Waals surface area contributed by atoms with Crippen molar-refractivity contribution < 1.29 is 18.4 Å². The maximum absolute atomic E-state index is 13.5. The molecular weight excluding hydrogens is 340 g/mol. The minimum atomic E-state index is -0.652. The molecule has 0 aliphatic carbocycles. The lowest BCUT2D eigenvalue weighted by molar-refractivity contribution is -0.115. The molecule has 0 atom stereocenters. The topological polar surface area (TPSA) is 70.2 Å². The number of anilines is 1. The molecule has 0 fully saturated rings. The monoisotopic (exact) mass is 361 g/mol. The van der Waals surface area contributed by atoms with E-state index in [-0.39, 0.29) is 24.6 Å². The molecule has 0 aliphatic rings. The lowest BCUT2D eigenvalue weighted by Crippen LogP contribution is -2.40. The van der Waals surface area contributed by atoms with Crippen LogP contribution in [-0.2, 0) is 11.3 Å². The number of urea groups is 1. The van der Waals surface area contributed by atoms with Gasteiger partial charge in [0, 0.05) is 17.8 Å². The van der Waals surface area contributed by atoms with Crippen LogP contribution >= 0.6 is 0 Å². The van der Waals surface area contributed by atoms with Crippen LogP contribution in [0.2, 0.25) is 0 Å². The Labute approximate surface area is 150 Å². The van der Waals surface area contributed by atoms with E-state index < -0.39 is 17.7 Å². The molecule has 0 heterocycles. The fraction of sp³-hybridized carbons (Fsp3) is 0.263. The molecule has 2 aromatic rings. The first kappa shape index (κ1) is 19.4. The van der Waals surface area contributed by atoms with Gasteiger partial charge in [0.15, 0.2) is 0 Å². The third kappa shape index (κ3) is 5.27. The molecule has 0 unspecified atom stereocenters. The number of carbonyl (C=O) groups is 2. The van der Waals surface area contributed by atoms with Crippen molar-refractivity contribution in [3.8, 4) is 0 Å². The van der Waals surface area contributed by atoms with E-state index in [1.165, 1.54) is 0 Å². The van der Waals surface area contributed by atoms with Gasteiger partial charge in [-0.05, 0) is 50.1 Å². The minimum absolute atomic E-state index is 0.0236. The average molecular weight is 361 g/mol. The Hall–Kier alpha value is -2.96. The molecule has 5 nitrogen and oxygen atoms in total. The number of nitrogens with one attached hydrogen (secondary N) is 3. The maximum Gasteiger partial charge on any atom is 0.315 e. The predicted octanol–water partition coefficient (Wildman–Crippen LogP) is 3.33. The van der Waals surface area contributed by atoms with Crippen LogP contribution < -0.4 is 16.0 Å². The average Bonchev–Trinajstić information content (AvgIpc) is 2.57. The quantitative estimate of drug-likeness (QED) is 0.765. The van der Waals surface area contributed by atoms with Crippen molar-refractivity contribution in [1.29, 1.82) is 0 Å². The molecule has 0 saturated carbocycles. The molecule has 0 saturated heterocycles. The van der Waals surface area contributed by atoms with Gasteiger partial charge in [0.2, 0.25) is 5.91 Å². The van der Waals surface area contributed by atoms with Crippen molar-refractivity contribution in [2.75, 3.05) is 11.9 Å². The molecule has 7 heteroatoms. The van der Waals surface area contributed by atoms with Crippen LogP contribution in [0.1, 0.15) is 22.3 Å². The van der Waals surface area contributed by atoms with E-state index in [9.17, 15) is 18.4 Å². The Kier molecular flexibility index (Phi) is 6.27. The van der Waals surface area contributed by atoms with E-state index in [0.717, 1.165) is 34.9 Å². The van der Waals surface area contributed by atoms with E-state index >= 15 is 0 Å². The molecule has 138 valence electrons. The lowest BCUT2D eigenvalue weighted by atomic mass is 10.1. The van der Waals surface area contributed by atoms with Gasteiger partial charge in [0.1, 0.15) is 11.6 Å². The number of amides is 3. The summed E-state index contributed by atoms with van der Waals surface area (Å²) in [7, 11) is 0. The van der Waals surface area contributed by atoms with Gasteiger partial charge in [-0.25, -0.2) is 13.6 Å². The number of carbonyl (C=O) groups excluding carboxylic acids is 2. The molecule has 0 bridgehead atoms. The van der Waals surface area contributed by atoms with E-state index in [1.54, 1.807) is 0 Å². The molecule has 0 radical (unpaired) electrons. The Balaban J connectivity index is 1.84. The van der Waals surface area contributed by atoms with Crippen molar-refractivity contribution in [1.82, 2.24) is 10.6 Å². The first-order chi connectivity index (χ1) is 12.3. The second-order valence-electron chi connectivity index (χ2n) is 6.09. The molecule has 0 aromatic heterocycles. The van der Waals surface area contributed by atoms with E-state index in [4.69, 9.17) is 0 Å². The normalized spacial score (nSPS) is 10.3. The Bertz CT molecular complexity index is 815. The number of hydrogen-bond acceptors (Lipinski definition) is 2. The molecule has 3 amide bonds. The van der Waals surface area contributed by atoms with Gasteiger partial charge in [-0.15, -0.1) is 0 Å². The summed E-state index contributed by atoms with van der Waals surface area (Å²) < 4.78 is 26.6. The SMILES string of the molecule is Cc1cc(C)c(NC(=O)CNC(=O)NCc2cc(F)ccc2F)c(C)c1. The first-order valence-electron chi connectivity index (χ1n) is 8.09. The van der Waals surface area contributed by atoms with Gasteiger partial charge in [-0.1, -0.05) is 17.7 Å². The summed E-state index contributed by atoms with van der Waals surface area (Å²) in [5.41, 5.74) is 3.70. The highest BCUT2D eigenvalue weighted by Gasteiger charge is 2.10. The fourth-order valence-electron chi connectivity index (χ4n) is 2.64.